The van der Waals surface area contributed by atoms with Crippen molar-refractivity contribution in [2.75, 3.05) is 5.32 Å². The van der Waals surface area contributed by atoms with Crippen LogP contribution in [0.15, 0.2) is 77.5 Å². The van der Waals surface area contributed by atoms with Gasteiger partial charge in [0.25, 0.3) is 11.8 Å². The van der Waals surface area contributed by atoms with Crippen molar-refractivity contribution in [3.8, 4) is 0 Å². The summed E-state index contributed by atoms with van der Waals surface area (Å²) in [6.07, 6.45) is 3.13. The standard InChI is InChI=1S/C20H16BrN3O2/c21-18-6-2-1-5-17(18)20(26)23-12-14-7-9-16(10-8-14)24-19(25)15-4-3-11-22-13-15/h1-11,13H,12H2,(H,23,26)(H,24,25). The van der Waals surface area contributed by atoms with Gasteiger partial charge in [-0.2, -0.15) is 0 Å². The Morgan fingerprint density at radius 1 is 0.923 bits per heavy atom. The van der Waals surface area contributed by atoms with Gasteiger partial charge in [0.1, 0.15) is 0 Å². The Hall–Kier alpha value is -2.99. The maximum atomic E-state index is 12.2. The largest absolute Gasteiger partial charge is 0.348 e. The number of benzene rings is 2. The molecular formula is C20H16BrN3O2. The van der Waals surface area contributed by atoms with Crippen molar-refractivity contribution in [3.05, 3.63) is 94.2 Å². The Balaban J connectivity index is 1.57. The van der Waals surface area contributed by atoms with Gasteiger partial charge in [-0.3, -0.25) is 14.6 Å². The highest BCUT2D eigenvalue weighted by atomic mass is 79.9. The molecule has 0 saturated carbocycles. The van der Waals surface area contributed by atoms with Gasteiger partial charge >= 0.3 is 0 Å². The van der Waals surface area contributed by atoms with Crippen LogP contribution in [0.2, 0.25) is 0 Å². The molecular weight excluding hydrogens is 394 g/mol. The van der Waals surface area contributed by atoms with Crippen LogP contribution in [-0.4, -0.2) is 16.8 Å². The first-order valence-electron chi connectivity index (χ1n) is 7.96. The first-order chi connectivity index (χ1) is 12.6. The molecule has 2 amide bonds. The third-order valence-corrected chi connectivity index (χ3v) is 4.40. The number of carbonyl (C=O) groups is 2. The quantitative estimate of drug-likeness (QED) is 0.668. The minimum Gasteiger partial charge on any atom is -0.348 e. The average Bonchev–Trinajstić information content (AvgIpc) is 2.68. The van der Waals surface area contributed by atoms with Gasteiger partial charge in [-0.1, -0.05) is 24.3 Å². The van der Waals surface area contributed by atoms with Crippen molar-refractivity contribution >= 4 is 33.4 Å². The Morgan fingerprint density at radius 2 is 1.69 bits per heavy atom. The number of nitrogens with one attached hydrogen (secondary N) is 2. The number of pyridine rings is 1. The van der Waals surface area contributed by atoms with Crippen molar-refractivity contribution in [2.24, 2.45) is 0 Å². The molecule has 6 heteroatoms. The number of halogens is 1. The summed E-state index contributed by atoms with van der Waals surface area (Å²) < 4.78 is 0.756. The number of hydrogen-bond acceptors (Lipinski definition) is 3. The number of nitrogens with zero attached hydrogens (tertiary/aromatic N) is 1. The van der Waals surface area contributed by atoms with Gasteiger partial charge in [0.2, 0.25) is 0 Å². The highest BCUT2D eigenvalue weighted by molar-refractivity contribution is 9.10. The molecule has 1 aromatic heterocycles. The van der Waals surface area contributed by atoms with Crippen LogP contribution < -0.4 is 10.6 Å². The maximum absolute atomic E-state index is 12.2. The molecule has 26 heavy (non-hydrogen) atoms. The minimum absolute atomic E-state index is 0.147. The highest BCUT2D eigenvalue weighted by Crippen LogP contribution is 2.16. The Bertz CT molecular complexity index is 912. The van der Waals surface area contributed by atoms with Crippen molar-refractivity contribution < 1.29 is 9.59 Å². The number of aromatic nitrogens is 1. The van der Waals surface area contributed by atoms with Gasteiger partial charge in [0.15, 0.2) is 0 Å². The number of hydrogen-bond donors (Lipinski definition) is 2. The molecule has 3 rings (SSSR count). The molecule has 0 radical (unpaired) electrons. The van der Waals surface area contributed by atoms with Crippen LogP contribution >= 0.6 is 15.9 Å². The lowest BCUT2D eigenvalue weighted by atomic mass is 10.1. The highest BCUT2D eigenvalue weighted by Gasteiger charge is 2.09. The summed E-state index contributed by atoms with van der Waals surface area (Å²) in [5.41, 5.74) is 2.70. The zero-order valence-electron chi connectivity index (χ0n) is 13.8. The van der Waals surface area contributed by atoms with Crippen molar-refractivity contribution in [1.29, 1.82) is 0 Å². The van der Waals surface area contributed by atoms with Gasteiger partial charge in [-0.15, -0.1) is 0 Å². The van der Waals surface area contributed by atoms with Crippen LogP contribution in [0.3, 0.4) is 0 Å². The molecule has 3 aromatic rings. The minimum atomic E-state index is -0.215. The summed E-state index contributed by atoms with van der Waals surface area (Å²) in [4.78, 5) is 28.2. The SMILES string of the molecule is O=C(Nc1ccc(CNC(=O)c2ccccc2Br)cc1)c1cccnc1. The van der Waals surface area contributed by atoms with E-state index < -0.39 is 0 Å². The molecule has 0 spiro atoms. The lowest BCUT2D eigenvalue weighted by molar-refractivity contribution is 0.0949. The van der Waals surface area contributed by atoms with Gasteiger partial charge in [0, 0.05) is 29.1 Å². The fourth-order valence-electron chi connectivity index (χ4n) is 2.33. The Morgan fingerprint density at radius 3 is 2.38 bits per heavy atom. The van der Waals surface area contributed by atoms with Crippen molar-refractivity contribution in [3.63, 3.8) is 0 Å². The van der Waals surface area contributed by atoms with Gasteiger partial charge < -0.3 is 10.6 Å². The number of carbonyl (C=O) groups excluding carboxylic acids is 2. The van der Waals surface area contributed by atoms with E-state index in [0.29, 0.717) is 23.4 Å². The Labute approximate surface area is 159 Å². The monoisotopic (exact) mass is 409 g/mol. The van der Waals surface area contributed by atoms with E-state index in [1.165, 1.54) is 6.20 Å². The fourth-order valence-corrected chi connectivity index (χ4v) is 2.79. The third kappa shape index (κ3) is 4.55. The zero-order valence-corrected chi connectivity index (χ0v) is 15.4. The van der Waals surface area contributed by atoms with Crippen LogP contribution in [0.4, 0.5) is 5.69 Å². The van der Waals surface area contributed by atoms with E-state index in [9.17, 15) is 9.59 Å². The number of rotatable bonds is 5. The van der Waals surface area contributed by atoms with Crippen LogP contribution in [0.1, 0.15) is 26.3 Å². The first kappa shape index (κ1) is 17.8. The van der Waals surface area contributed by atoms with E-state index in [4.69, 9.17) is 0 Å². The molecule has 0 aliphatic carbocycles. The second kappa shape index (κ2) is 8.40. The van der Waals surface area contributed by atoms with Crippen molar-refractivity contribution in [1.82, 2.24) is 10.3 Å². The van der Waals surface area contributed by atoms with Gasteiger partial charge in [0.05, 0.1) is 11.1 Å². The number of anilines is 1. The molecule has 1 heterocycles. The summed E-state index contributed by atoms with van der Waals surface area (Å²) in [5.74, 6) is -0.362. The predicted octanol–water partition coefficient (Wildman–Crippen LogP) is 4.03. The summed E-state index contributed by atoms with van der Waals surface area (Å²) in [5, 5.41) is 5.69. The summed E-state index contributed by atoms with van der Waals surface area (Å²) in [7, 11) is 0. The molecule has 2 N–H and O–H groups in total. The van der Waals surface area contributed by atoms with Gasteiger partial charge in [-0.25, -0.2) is 0 Å². The van der Waals surface area contributed by atoms with Crippen LogP contribution in [0.5, 0.6) is 0 Å². The lowest BCUT2D eigenvalue weighted by Crippen LogP contribution is -2.23. The summed E-state index contributed by atoms with van der Waals surface area (Å²) in [6, 6.07) is 18.0. The van der Waals surface area contributed by atoms with E-state index in [1.54, 1.807) is 36.5 Å². The molecule has 0 unspecified atom stereocenters. The smallest absolute Gasteiger partial charge is 0.257 e. The van der Waals surface area contributed by atoms with Crippen LogP contribution in [0, 0.1) is 0 Å². The number of amides is 2. The second-order valence-electron chi connectivity index (χ2n) is 5.56. The predicted molar refractivity (Wildman–Crippen MR) is 104 cm³/mol. The average molecular weight is 410 g/mol. The molecule has 0 fully saturated rings. The second-order valence-corrected chi connectivity index (χ2v) is 6.41. The van der Waals surface area contributed by atoms with E-state index in [1.807, 2.05) is 30.3 Å². The van der Waals surface area contributed by atoms with E-state index in [2.05, 4.69) is 31.5 Å². The Kier molecular flexibility index (Phi) is 5.76. The lowest BCUT2D eigenvalue weighted by Gasteiger charge is -2.09. The molecule has 0 aliphatic heterocycles. The normalized spacial score (nSPS) is 10.2. The van der Waals surface area contributed by atoms with Crippen LogP contribution in [-0.2, 0) is 6.54 Å². The van der Waals surface area contributed by atoms with E-state index >= 15 is 0 Å². The molecule has 0 bridgehead atoms. The fraction of sp³-hybridized carbons (Fsp3) is 0.0500. The van der Waals surface area contributed by atoms with Crippen LogP contribution in [0.25, 0.3) is 0 Å². The topological polar surface area (TPSA) is 71.1 Å². The molecule has 5 nitrogen and oxygen atoms in total. The first-order valence-corrected chi connectivity index (χ1v) is 8.76. The van der Waals surface area contributed by atoms with E-state index in [-0.39, 0.29) is 11.8 Å². The maximum Gasteiger partial charge on any atom is 0.257 e. The molecule has 0 aliphatic rings. The molecule has 0 saturated heterocycles. The summed E-state index contributed by atoms with van der Waals surface area (Å²) in [6.45, 7) is 0.400. The zero-order chi connectivity index (χ0) is 18.4. The van der Waals surface area contributed by atoms with Gasteiger partial charge in [-0.05, 0) is 57.9 Å². The summed E-state index contributed by atoms with van der Waals surface area (Å²) >= 11 is 3.37. The van der Waals surface area contributed by atoms with E-state index in [0.717, 1.165) is 10.0 Å². The molecule has 2 aromatic carbocycles. The molecule has 0 atom stereocenters. The third-order valence-electron chi connectivity index (χ3n) is 3.71. The molecule has 130 valence electrons. The van der Waals surface area contributed by atoms with Crippen molar-refractivity contribution in [2.45, 2.75) is 6.54 Å².